The van der Waals surface area contributed by atoms with Gasteiger partial charge in [0, 0.05) is 19.3 Å². The van der Waals surface area contributed by atoms with Crippen molar-refractivity contribution in [1.29, 1.82) is 0 Å². The first kappa shape index (κ1) is 73.1. The lowest BCUT2D eigenvalue weighted by Gasteiger charge is -2.21. The van der Waals surface area contributed by atoms with Crippen LogP contribution in [0.3, 0.4) is 0 Å². The van der Waals surface area contributed by atoms with Gasteiger partial charge >= 0.3 is 25.7 Å². The molecule has 3 unspecified atom stereocenters. The highest BCUT2D eigenvalue weighted by molar-refractivity contribution is 7.47. The zero-order chi connectivity index (χ0) is 56.9. The number of phosphoric ester groups is 1. The van der Waals surface area contributed by atoms with Gasteiger partial charge in [0.15, 0.2) is 6.10 Å². The molecule has 0 aromatic carbocycles. The minimum absolute atomic E-state index is 0.0412. The number of hydrogen-bond donors (Lipinski definition) is 2. The lowest BCUT2D eigenvalue weighted by atomic mass is 10.1. The third-order valence-electron chi connectivity index (χ3n) is 11.4. The Bertz CT molecular complexity index is 1910. The van der Waals surface area contributed by atoms with E-state index in [1.54, 1.807) is 0 Å². The lowest BCUT2D eigenvalue weighted by Crippen LogP contribution is -2.30. The molecule has 0 heterocycles. The maximum Gasteiger partial charge on any atom is 0.472 e. The molecule has 0 rings (SSSR count). The fourth-order valence-electron chi connectivity index (χ4n) is 7.05. The normalized spacial score (nSPS) is 14.5. The third kappa shape index (κ3) is 55.8. The Hall–Kier alpha value is -4.90. The number of ether oxygens (including phenoxy) is 3. The minimum atomic E-state index is -4.80. The average Bonchev–Trinajstić information content (AvgIpc) is 3.43. The van der Waals surface area contributed by atoms with Crippen molar-refractivity contribution in [2.75, 3.05) is 26.4 Å². The highest BCUT2D eigenvalue weighted by atomic mass is 31.2. The zero-order valence-corrected chi connectivity index (χ0v) is 49.2. The van der Waals surface area contributed by atoms with Crippen molar-refractivity contribution in [3.8, 4) is 0 Å². The molecule has 2 N–H and O–H groups in total. The predicted molar refractivity (Wildman–Crippen MR) is 325 cm³/mol. The Kier molecular flexibility index (Phi) is 54.6. The van der Waals surface area contributed by atoms with Gasteiger partial charge in [0.05, 0.1) is 19.8 Å². The van der Waals surface area contributed by atoms with Gasteiger partial charge in [-0.15, -0.1) is 0 Å². The summed E-state index contributed by atoms with van der Waals surface area (Å²) in [4.78, 5) is 48.5. The zero-order valence-electron chi connectivity index (χ0n) is 48.3. The van der Waals surface area contributed by atoms with E-state index in [9.17, 15) is 28.9 Å². The van der Waals surface area contributed by atoms with Crippen molar-refractivity contribution in [2.24, 2.45) is 0 Å². The SMILES string of the molecule is CC/C=C\C/C=C\C/C=C\C/C=C\C/C=C\C/C=C\CCC(=O)OCC(COP(=O)(O)OCC(CO)OC(=O)CC/C=C\C/C=C\C/C=C\C/C=C\CC)OC(=O)CCCCCCCC/C=C\C/C=C\C/C=C\CCCCC. The largest absolute Gasteiger partial charge is 0.472 e. The Morgan fingerprint density at radius 2 is 0.692 bits per heavy atom. The van der Waals surface area contributed by atoms with E-state index in [0.29, 0.717) is 19.3 Å². The van der Waals surface area contributed by atoms with Crippen LogP contribution < -0.4 is 0 Å². The van der Waals surface area contributed by atoms with Gasteiger partial charge in [-0.1, -0.05) is 217 Å². The van der Waals surface area contributed by atoms with Crippen molar-refractivity contribution < 1.29 is 52.2 Å². The Morgan fingerprint density at radius 3 is 1.10 bits per heavy atom. The first-order valence-electron chi connectivity index (χ1n) is 29.4. The molecule has 0 bridgehead atoms. The first-order valence-corrected chi connectivity index (χ1v) is 30.9. The summed E-state index contributed by atoms with van der Waals surface area (Å²) in [6, 6.07) is 0. The number of aliphatic hydroxyl groups is 1. The van der Waals surface area contributed by atoms with E-state index in [4.69, 9.17) is 23.3 Å². The highest BCUT2D eigenvalue weighted by Gasteiger charge is 2.28. The van der Waals surface area contributed by atoms with E-state index in [-0.39, 0.29) is 19.3 Å². The van der Waals surface area contributed by atoms with E-state index in [1.165, 1.54) is 25.7 Å². The molecule has 0 spiro atoms. The van der Waals surface area contributed by atoms with Crippen molar-refractivity contribution in [3.05, 3.63) is 158 Å². The molecular formula is C66H103O11P. The monoisotopic (exact) mass is 1100 g/mol. The number of rotatable bonds is 52. The van der Waals surface area contributed by atoms with Crippen LogP contribution in [0.1, 0.15) is 201 Å². The van der Waals surface area contributed by atoms with E-state index < -0.39 is 64.4 Å². The van der Waals surface area contributed by atoms with Crippen LogP contribution in [0.4, 0.5) is 0 Å². The van der Waals surface area contributed by atoms with Crippen LogP contribution in [0.2, 0.25) is 0 Å². The number of carbonyl (C=O) groups is 3. The topological polar surface area (TPSA) is 155 Å². The summed E-state index contributed by atoms with van der Waals surface area (Å²) in [6.07, 6.45) is 76.6. The van der Waals surface area contributed by atoms with Crippen molar-refractivity contribution in [2.45, 2.75) is 213 Å². The molecule has 11 nitrogen and oxygen atoms in total. The summed E-state index contributed by atoms with van der Waals surface area (Å²) < 4.78 is 39.4. The molecule has 438 valence electrons. The average molecular weight is 1100 g/mol. The molecule has 78 heavy (non-hydrogen) atoms. The molecular weight excluding hydrogens is 1000 g/mol. The number of hydrogen-bond acceptors (Lipinski definition) is 10. The molecule has 0 aromatic heterocycles. The van der Waals surface area contributed by atoms with Gasteiger partial charge < -0.3 is 24.2 Å². The van der Waals surface area contributed by atoms with Gasteiger partial charge in [-0.25, -0.2) is 4.57 Å². The second-order valence-electron chi connectivity index (χ2n) is 18.7. The number of allylic oxidation sites excluding steroid dienone is 26. The van der Waals surface area contributed by atoms with Crippen molar-refractivity contribution in [3.63, 3.8) is 0 Å². The Balaban J connectivity index is 4.94. The summed E-state index contributed by atoms with van der Waals surface area (Å²) in [5, 5.41) is 9.80. The van der Waals surface area contributed by atoms with E-state index in [2.05, 4.69) is 148 Å². The van der Waals surface area contributed by atoms with Crippen LogP contribution >= 0.6 is 7.82 Å². The lowest BCUT2D eigenvalue weighted by molar-refractivity contribution is -0.161. The predicted octanol–water partition coefficient (Wildman–Crippen LogP) is 17.7. The van der Waals surface area contributed by atoms with Crippen LogP contribution in [0.15, 0.2) is 158 Å². The first-order chi connectivity index (χ1) is 38.2. The molecule has 0 aliphatic rings. The van der Waals surface area contributed by atoms with Crippen LogP contribution in [-0.2, 0) is 42.2 Å². The maximum absolute atomic E-state index is 12.9. The van der Waals surface area contributed by atoms with Gasteiger partial charge in [0.1, 0.15) is 12.7 Å². The smallest absolute Gasteiger partial charge is 0.462 e. The van der Waals surface area contributed by atoms with Gasteiger partial charge in [0.25, 0.3) is 0 Å². The highest BCUT2D eigenvalue weighted by Crippen LogP contribution is 2.43. The molecule has 0 fully saturated rings. The maximum atomic E-state index is 12.9. The summed E-state index contributed by atoms with van der Waals surface area (Å²) >= 11 is 0. The molecule has 0 radical (unpaired) electrons. The van der Waals surface area contributed by atoms with Gasteiger partial charge in [-0.05, 0) is 122 Å². The number of phosphoric acid groups is 1. The standard InChI is InChI=1S/C66H103O11P/c1-4-7-10-13-16-19-22-25-27-29-31-33-35-38-40-43-46-49-52-55-64(68)73-59-63(77-66(70)57-54-51-48-45-42-39-36-34-32-30-28-26-23-20-17-14-11-8-5-2)61-75-78(71,72)74-60-62(58-67)76-65(69)56-53-50-47-44-41-37-24-21-18-15-12-9-6-3/h7,9-10,12,16-21,25-28,31-34,37-38,40-41,46-47,49-50,62-63,67H,4-6,8,11,13-15,22-24,29-30,35-36,39,42-45,48,51-61H2,1-3H3,(H,71,72)/b10-7-,12-9-,19-16-,20-17-,21-18-,27-25-,28-26-,33-31-,34-32-,40-38-,41-37-,49-46-,50-47-. The van der Waals surface area contributed by atoms with Crippen molar-refractivity contribution in [1.82, 2.24) is 0 Å². The quantitative estimate of drug-likeness (QED) is 0.0197. The second-order valence-corrected chi connectivity index (χ2v) is 20.1. The number of esters is 3. The summed E-state index contributed by atoms with van der Waals surface area (Å²) in [5.74, 6) is -1.69. The molecule has 0 aliphatic carbocycles. The number of aliphatic hydroxyl groups excluding tert-OH is 1. The van der Waals surface area contributed by atoms with E-state index in [1.807, 2.05) is 30.4 Å². The minimum Gasteiger partial charge on any atom is -0.462 e. The number of carbonyl (C=O) groups excluding carboxylic acids is 3. The molecule has 0 aliphatic heterocycles. The molecule has 12 heteroatoms. The van der Waals surface area contributed by atoms with E-state index in [0.717, 1.165) is 116 Å². The van der Waals surface area contributed by atoms with Crippen molar-refractivity contribution >= 4 is 25.7 Å². The van der Waals surface area contributed by atoms with Gasteiger partial charge in [0.2, 0.25) is 0 Å². The summed E-state index contributed by atoms with van der Waals surface area (Å²) in [7, 11) is -4.80. The van der Waals surface area contributed by atoms with Gasteiger partial charge in [-0.2, -0.15) is 0 Å². The molecule has 0 saturated carbocycles. The summed E-state index contributed by atoms with van der Waals surface area (Å²) in [5.41, 5.74) is 0. The van der Waals surface area contributed by atoms with Crippen LogP contribution in [-0.4, -0.2) is 66.5 Å². The Labute approximate surface area is 473 Å². The number of unbranched alkanes of at least 4 members (excludes halogenated alkanes) is 9. The second kappa shape index (κ2) is 58.3. The molecule has 3 atom stereocenters. The Morgan fingerprint density at radius 1 is 0.372 bits per heavy atom. The third-order valence-corrected chi connectivity index (χ3v) is 12.4. The molecule has 0 aromatic rings. The molecule has 0 saturated heterocycles. The fraction of sp³-hybridized carbons (Fsp3) is 0.561. The van der Waals surface area contributed by atoms with Crippen LogP contribution in [0.25, 0.3) is 0 Å². The van der Waals surface area contributed by atoms with E-state index >= 15 is 0 Å². The fourth-order valence-corrected chi connectivity index (χ4v) is 7.83. The van der Waals surface area contributed by atoms with Crippen LogP contribution in [0, 0.1) is 0 Å². The molecule has 0 amide bonds. The summed E-state index contributed by atoms with van der Waals surface area (Å²) in [6.45, 7) is 4.18. The van der Waals surface area contributed by atoms with Gasteiger partial charge in [-0.3, -0.25) is 23.4 Å². The van der Waals surface area contributed by atoms with Crippen LogP contribution in [0.5, 0.6) is 0 Å².